The lowest BCUT2D eigenvalue weighted by atomic mass is 10.2. The molecule has 138 valence electrons. The predicted octanol–water partition coefficient (Wildman–Crippen LogP) is 5.53. The van der Waals surface area contributed by atoms with Gasteiger partial charge in [-0.25, -0.2) is 0 Å². The van der Waals surface area contributed by atoms with E-state index in [1.54, 1.807) is 12.1 Å². The summed E-state index contributed by atoms with van der Waals surface area (Å²) in [6.07, 6.45) is 8.21. The Morgan fingerprint density at radius 1 is 0.556 bits per heavy atom. The van der Waals surface area contributed by atoms with Gasteiger partial charge < -0.3 is 14.9 Å². The van der Waals surface area contributed by atoms with Gasteiger partial charge in [-0.3, -0.25) is 0 Å². The van der Waals surface area contributed by atoms with Gasteiger partial charge in [0.2, 0.25) is 0 Å². The zero-order valence-electron chi connectivity index (χ0n) is 15.1. The highest BCUT2D eigenvalue weighted by molar-refractivity contribution is 5.49. The van der Waals surface area contributed by atoms with E-state index in [4.69, 9.17) is 14.9 Å². The van der Waals surface area contributed by atoms with Crippen LogP contribution >= 0.6 is 0 Å². The molecule has 0 saturated heterocycles. The van der Waals surface area contributed by atoms with Gasteiger partial charge in [0.15, 0.2) is 11.5 Å². The summed E-state index contributed by atoms with van der Waals surface area (Å²) in [5, 5.41) is 17.3. The second-order valence-corrected chi connectivity index (χ2v) is 5.65. The molecule has 0 aliphatic carbocycles. The molecule has 2 N–H and O–H groups in total. The third kappa shape index (κ3) is 8.56. The van der Waals surface area contributed by atoms with Crippen LogP contribution in [-0.4, -0.2) is 23.4 Å². The molecule has 0 atom stereocenters. The highest BCUT2D eigenvalue weighted by Gasteiger charge is 1.90. The van der Waals surface area contributed by atoms with Gasteiger partial charge in [0.1, 0.15) is 0 Å². The zero-order chi connectivity index (χ0) is 19.2. The SMILES string of the molecule is C(=Cc1ccccc1)COCC=Cc1ccccc1.Oc1ccccc1O. The van der Waals surface area contributed by atoms with Crippen LogP contribution in [-0.2, 0) is 4.74 Å². The van der Waals surface area contributed by atoms with E-state index in [0.29, 0.717) is 13.2 Å². The summed E-state index contributed by atoms with van der Waals surface area (Å²) in [5.74, 6) is -0.153. The number of phenolic OH excluding ortho intramolecular Hbond substituents is 2. The van der Waals surface area contributed by atoms with Crippen molar-refractivity contribution in [1.82, 2.24) is 0 Å². The number of ether oxygens (including phenoxy) is 1. The summed E-state index contributed by atoms with van der Waals surface area (Å²) < 4.78 is 5.50. The van der Waals surface area contributed by atoms with Crippen molar-refractivity contribution < 1.29 is 14.9 Å². The van der Waals surface area contributed by atoms with Gasteiger partial charge >= 0.3 is 0 Å². The average Bonchev–Trinajstić information content (AvgIpc) is 2.72. The highest BCUT2D eigenvalue weighted by atomic mass is 16.5. The normalized spacial score (nSPS) is 10.7. The van der Waals surface area contributed by atoms with Crippen LogP contribution in [0.1, 0.15) is 11.1 Å². The number of hydrogen-bond donors (Lipinski definition) is 2. The van der Waals surface area contributed by atoms with E-state index in [9.17, 15) is 0 Å². The van der Waals surface area contributed by atoms with Crippen molar-refractivity contribution in [3.63, 3.8) is 0 Å². The van der Waals surface area contributed by atoms with Crippen molar-refractivity contribution in [2.24, 2.45) is 0 Å². The molecule has 0 saturated carbocycles. The molecule has 0 amide bonds. The minimum absolute atomic E-state index is 0.0764. The van der Waals surface area contributed by atoms with Crippen LogP contribution in [0.15, 0.2) is 97.1 Å². The molecule has 0 aliphatic heterocycles. The van der Waals surface area contributed by atoms with E-state index in [-0.39, 0.29) is 11.5 Å². The van der Waals surface area contributed by atoms with Gasteiger partial charge in [-0.15, -0.1) is 0 Å². The second kappa shape index (κ2) is 12.1. The fraction of sp³-hybridized carbons (Fsp3) is 0.0833. The molecule has 3 aromatic rings. The van der Waals surface area contributed by atoms with Crippen LogP contribution in [0.2, 0.25) is 0 Å². The van der Waals surface area contributed by atoms with Crippen LogP contribution in [0.25, 0.3) is 12.2 Å². The van der Waals surface area contributed by atoms with Crippen molar-refractivity contribution in [3.8, 4) is 11.5 Å². The van der Waals surface area contributed by atoms with Crippen molar-refractivity contribution in [2.45, 2.75) is 0 Å². The first-order valence-electron chi connectivity index (χ1n) is 8.73. The second-order valence-electron chi connectivity index (χ2n) is 5.65. The molecule has 0 aromatic heterocycles. The average molecular weight is 360 g/mol. The minimum atomic E-state index is -0.0764. The van der Waals surface area contributed by atoms with Crippen molar-refractivity contribution in [3.05, 3.63) is 108 Å². The number of phenols is 2. The number of aromatic hydroxyl groups is 2. The third-order valence-electron chi connectivity index (χ3n) is 3.53. The Morgan fingerprint density at radius 3 is 1.30 bits per heavy atom. The lowest BCUT2D eigenvalue weighted by molar-refractivity contribution is 0.195. The molecule has 0 aliphatic rings. The summed E-state index contributed by atoms with van der Waals surface area (Å²) in [7, 11) is 0. The first-order valence-corrected chi connectivity index (χ1v) is 8.73. The monoisotopic (exact) mass is 360 g/mol. The zero-order valence-corrected chi connectivity index (χ0v) is 15.1. The van der Waals surface area contributed by atoms with Crippen molar-refractivity contribution >= 4 is 12.2 Å². The Bertz CT molecular complexity index is 754. The summed E-state index contributed by atoms with van der Waals surface area (Å²) in [4.78, 5) is 0. The molecule has 0 bridgehead atoms. The molecule has 27 heavy (non-hydrogen) atoms. The Labute approximate surface area is 160 Å². The summed E-state index contributed by atoms with van der Waals surface area (Å²) in [6, 6.07) is 26.6. The summed E-state index contributed by atoms with van der Waals surface area (Å²) >= 11 is 0. The van der Waals surface area contributed by atoms with E-state index in [1.807, 2.05) is 48.6 Å². The molecule has 0 spiro atoms. The van der Waals surface area contributed by atoms with Crippen LogP contribution < -0.4 is 0 Å². The number of benzene rings is 3. The van der Waals surface area contributed by atoms with E-state index >= 15 is 0 Å². The molecular formula is C24H24O3. The molecule has 3 rings (SSSR count). The fourth-order valence-electron chi connectivity index (χ4n) is 2.16. The lowest BCUT2D eigenvalue weighted by Crippen LogP contribution is -1.90. The number of hydrogen-bond acceptors (Lipinski definition) is 3. The lowest BCUT2D eigenvalue weighted by Gasteiger charge is -1.96. The van der Waals surface area contributed by atoms with Crippen molar-refractivity contribution in [2.75, 3.05) is 13.2 Å². The number of rotatable bonds is 6. The third-order valence-corrected chi connectivity index (χ3v) is 3.53. The van der Waals surface area contributed by atoms with Crippen LogP contribution in [0, 0.1) is 0 Å². The summed E-state index contributed by atoms with van der Waals surface area (Å²) in [5.41, 5.74) is 2.40. The Hall–Kier alpha value is -3.30. The molecule has 0 heterocycles. The van der Waals surface area contributed by atoms with Crippen LogP contribution in [0.5, 0.6) is 11.5 Å². The summed E-state index contributed by atoms with van der Waals surface area (Å²) in [6.45, 7) is 1.27. The van der Waals surface area contributed by atoms with Crippen molar-refractivity contribution in [1.29, 1.82) is 0 Å². The van der Waals surface area contributed by atoms with Gasteiger partial charge in [-0.05, 0) is 23.3 Å². The maximum Gasteiger partial charge on any atom is 0.157 e. The number of para-hydroxylation sites is 2. The van der Waals surface area contributed by atoms with Crippen LogP contribution in [0.4, 0.5) is 0 Å². The molecular weight excluding hydrogens is 336 g/mol. The Morgan fingerprint density at radius 2 is 0.926 bits per heavy atom. The van der Waals surface area contributed by atoms with Gasteiger partial charge in [0.05, 0.1) is 13.2 Å². The molecule has 0 unspecified atom stereocenters. The van der Waals surface area contributed by atoms with E-state index in [0.717, 1.165) is 0 Å². The Balaban J connectivity index is 0.000000273. The standard InChI is InChI=1S/C18H18O.C6H6O2/c1-3-9-17(10-4-1)13-7-15-19-16-8-14-18-11-5-2-6-12-18;7-5-3-1-2-4-6(5)8/h1-14H,15-16H2;1-4,7-8H. The van der Waals surface area contributed by atoms with E-state index in [2.05, 4.69) is 36.4 Å². The van der Waals surface area contributed by atoms with Crippen LogP contribution in [0.3, 0.4) is 0 Å². The molecule has 0 radical (unpaired) electrons. The Kier molecular flexibility index (Phi) is 8.98. The molecule has 3 aromatic carbocycles. The fourth-order valence-corrected chi connectivity index (χ4v) is 2.16. The maximum atomic E-state index is 8.67. The first-order chi connectivity index (χ1) is 13.3. The minimum Gasteiger partial charge on any atom is -0.504 e. The van der Waals surface area contributed by atoms with Gasteiger partial charge in [0.25, 0.3) is 0 Å². The predicted molar refractivity (Wildman–Crippen MR) is 112 cm³/mol. The first kappa shape index (κ1) is 20.0. The highest BCUT2D eigenvalue weighted by Crippen LogP contribution is 2.21. The smallest absolute Gasteiger partial charge is 0.157 e. The van der Waals surface area contributed by atoms with Gasteiger partial charge in [-0.2, -0.15) is 0 Å². The largest absolute Gasteiger partial charge is 0.504 e. The maximum absolute atomic E-state index is 8.67. The van der Waals surface area contributed by atoms with E-state index < -0.39 is 0 Å². The van der Waals surface area contributed by atoms with E-state index in [1.165, 1.54) is 23.3 Å². The topological polar surface area (TPSA) is 49.7 Å². The quantitative estimate of drug-likeness (QED) is 0.449. The molecule has 3 nitrogen and oxygen atoms in total. The molecule has 3 heteroatoms. The molecule has 0 fully saturated rings. The van der Waals surface area contributed by atoms with Gasteiger partial charge in [-0.1, -0.05) is 97.1 Å². The van der Waals surface area contributed by atoms with Gasteiger partial charge in [0, 0.05) is 0 Å².